The first-order valence-electron chi connectivity index (χ1n) is 7.55. The van der Waals surface area contributed by atoms with Crippen molar-refractivity contribution >= 4 is 34.4 Å². The van der Waals surface area contributed by atoms with E-state index in [0.717, 1.165) is 3.57 Å². The topological polar surface area (TPSA) is 67.4 Å². The van der Waals surface area contributed by atoms with Crippen molar-refractivity contribution in [2.24, 2.45) is 5.92 Å². The van der Waals surface area contributed by atoms with Crippen LogP contribution < -0.4 is 15.6 Å². The summed E-state index contributed by atoms with van der Waals surface area (Å²) in [6, 6.07) is 14.0. The fourth-order valence-electron chi connectivity index (χ4n) is 1.89. The number of rotatable bonds is 5. The molecular weight excluding hydrogens is 419 g/mol. The van der Waals surface area contributed by atoms with Crippen LogP contribution in [0.1, 0.15) is 34.6 Å². The molecule has 2 amide bonds. The number of benzene rings is 2. The van der Waals surface area contributed by atoms with Crippen LogP contribution in [-0.2, 0) is 0 Å². The second-order valence-electron chi connectivity index (χ2n) is 5.62. The molecular formula is C18H19IN2O3. The van der Waals surface area contributed by atoms with E-state index in [0.29, 0.717) is 29.4 Å². The molecule has 2 rings (SSSR count). The summed E-state index contributed by atoms with van der Waals surface area (Å²) in [7, 11) is 0. The Morgan fingerprint density at radius 1 is 1.04 bits per heavy atom. The van der Waals surface area contributed by atoms with E-state index in [-0.39, 0.29) is 5.91 Å². The molecule has 0 radical (unpaired) electrons. The van der Waals surface area contributed by atoms with Crippen molar-refractivity contribution in [3.63, 3.8) is 0 Å². The van der Waals surface area contributed by atoms with Gasteiger partial charge in [0.05, 0.1) is 12.2 Å². The van der Waals surface area contributed by atoms with E-state index in [1.807, 2.05) is 12.1 Å². The van der Waals surface area contributed by atoms with Crippen molar-refractivity contribution in [1.82, 2.24) is 10.9 Å². The standard InChI is InChI=1S/C18H19IN2O3/c1-12(2)11-24-14-7-5-6-13(10-14)17(22)20-21-18(23)15-8-3-4-9-16(15)19/h3-10,12H,11H2,1-2H3,(H,20,22)(H,21,23). The van der Waals surface area contributed by atoms with Gasteiger partial charge in [0.2, 0.25) is 0 Å². The minimum absolute atomic E-state index is 0.361. The summed E-state index contributed by atoms with van der Waals surface area (Å²) in [4.78, 5) is 24.3. The molecule has 0 unspecified atom stereocenters. The fraction of sp³-hybridized carbons (Fsp3) is 0.222. The second-order valence-corrected chi connectivity index (χ2v) is 6.78. The molecule has 2 aromatic rings. The van der Waals surface area contributed by atoms with Gasteiger partial charge in [-0.25, -0.2) is 0 Å². The van der Waals surface area contributed by atoms with E-state index < -0.39 is 5.91 Å². The second kappa shape index (κ2) is 8.68. The number of carbonyl (C=O) groups is 2. The van der Waals surface area contributed by atoms with Crippen LogP contribution in [0.5, 0.6) is 5.75 Å². The summed E-state index contributed by atoms with van der Waals surface area (Å²) in [5, 5.41) is 0. The van der Waals surface area contributed by atoms with Crippen LogP contribution in [0.15, 0.2) is 48.5 Å². The fourth-order valence-corrected chi connectivity index (χ4v) is 2.52. The monoisotopic (exact) mass is 438 g/mol. The predicted octanol–water partition coefficient (Wildman–Crippen LogP) is 3.40. The van der Waals surface area contributed by atoms with E-state index in [2.05, 4.69) is 47.3 Å². The van der Waals surface area contributed by atoms with Gasteiger partial charge in [-0.05, 0) is 58.8 Å². The van der Waals surface area contributed by atoms with Crippen molar-refractivity contribution in [3.8, 4) is 5.75 Å². The third kappa shape index (κ3) is 5.23. The van der Waals surface area contributed by atoms with E-state index >= 15 is 0 Å². The van der Waals surface area contributed by atoms with Crippen molar-refractivity contribution in [2.45, 2.75) is 13.8 Å². The molecule has 0 spiro atoms. The average molecular weight is 438 g/mol. The highest BCUT2D eigenvalue weighted by Crippen LogP contribution is 2.14. The molecule has 0 atom stereocenters. The summed E-state index contributed by atoms with van der Waals surface area (Å²) in [6.45, 7) is 4.68. The first-order valence-corrected chi connectivity index (χ1v) is 8.63. The highest BCUT2D eigenvalue weighted by atomic mass is 127. The average Bonchev–Trinajstić information content (AvgIpc) is 2.58. The van der Waals surface area contributed by atoms with Gasteiger partial charge >= 0.3 is 0 Å². The van der Waals surface area contributed by atoms with E-state index in [9.17, 15) is 9.59 Å². The molecule has 0 saturated heterocycles. The minimum Gasteiger partial charge on any atom is -0.493 e. The van der Waals surface area contributed by atoms with Crippen LogP contribution in [0.3, 0.4) is 0 Å². The van der Waals surface area contributed by atoms with Crippen molar-refractivity contribution in [1.29, 1.82) is 0 Å². The molecule has 24 heavy (non-hydrogen) atoms. The normalized spacial score (nSPS) is 10.3. The summed E-state index contributed by atoms with van der Waals surface area (Å²) in [6.07, 6.45) is 0. The first kappa shape index (κ1) is 18.3. The summed E-state index contributed by atoms with van der Waals surface area (Å²) >= 11 is 2.07. The third-order valence-electron chi connectivity index (χ3n) is 3.09. The van der Waals surface area contributed by atoms with Crippen LogP contribution in [0.2, 0.25) is 0 Å². The van der Waals surface area contributed by atoms with Crippen molar-refractivity contribution in [3.05, 3.63) is 63.2 Å². The SMILES string of the molecule is CC(C)COc1cccc(C(=O)NNC(=O)c2ccccc2I)c1. The molecule has 2 N–H and O–H groups in total. The maximum atomic E-state index is 12.2. The summed E-state index contributed by atoms with van der Waals surface area (Å²) in [5.74, 6) is 0.264. The van der Waals surface area contributed by atoms with Gasteiger partial charge in [-0.2, -0.15) is 0 Å². The van der Waals surface area contributed by atoms with E-state index in [4.69, 9.17) is 4.74 Å². The third-order valence-corrected chi connectivity index (χ3v) is 4.03. The van der Waals surface area contributed by atoms with Gasteiger partial charge in [0.25, 0.3) is 11.8 Å². The zero-order valence-corrected chi connectivity index (χ0v) is 15.7. The quantitative estimate of drug-likeness (QED) is 0.556. The van der Waals surface area contributed by atoms with E-state index in [1.165, 1.54) is 0 Å². The number of carbonyl (C=O) groups excluding carboxylic acids is 2. The molecule has 126 valence electrons. The zero-order chi connectivity index (χ0) is 17.5. The van der Waals surface area contributed by atoms with Crippen molar-refractivity contribution < 1.29 is 14.3 Å². The van der Waals surface area contributed by atoms with Crippen LogP contribution in [0, 0.1) is 9.49 Å². The Bertz CT molecular complexity index is 732. The largest absolute Gasteiger partial charge is 0.493 e. The molecule has 0 aliphatic heterocycles. The maximum absolute atomic E-state index is 12.2. The molecule has 5 nitrogen and oxygen atoms in total. The highest BCUT2D eigenvalue weighted by molar-refractivity contribution is 14.1. The van der Waals surface area contributed by atoms with Crippen LogP contribution in [-0.4, -0.2) is 18.4 Å². The zero-order valence-electron chi connectivity index (χ0n) is 13.5. The minimum atomic E-state index is -0.399. The Morgan fingerprint density at radius 2 is 1.75 bits per heavy atom. The Kier molecular flexibility index (Phi) is 6.60. The highest BCUT2D eigenvalue weighted by Gasteiger charge is 2.12. The lowest BCUT2D eigenvalue weighted by Crippen LogP contribution is -2.41. The van der Waals surface area contributed by atoms with E-state index in [1.54, 1.807) is 36.4 Å². The van der Waals surface area contributed by atoms with Gasteiger partial charge < -0.3 is 4.74 Å². The van der Waals surface area contributed by atoms with Gasteiger partial charge in [0, 0.05) is 9.13 Å². The number of hydrogen-bond acceptors (Lipinski definition) is 3. The molecule has 0 aromatic heterocycles. The number of ether oxygens (including phenoxy) is 1. The lowest BCUT2D eigenvalue weighted by atomic mass is 10.2. The number of hydrogen-bond donors (Lipinski definition) is 2. The number of amides is 2. The van der Waals surface area contributed by atoms with Gasteiger partial charge in [-0.3, -0.25) is 20.4 Å². The Labute approximate surface area is 154 Å². The molecule has 0 saturated carbocycles. The van der Waals surface area contributed by atoms with Gasteiger partial charge in [0.15, 0.2) is 0 Å². The molecule has 6 heteroatoms. The molecule has 0 heterocycles. The summed E-state index contributed by atoms with van der Waals surface area (Å²) in [5.41, 5.74) is 5.77. The van der Waals surface area contributed by atoms with Crippen LogP contribution in [0.25, 0.3) is 0 Å². The number of nitrogens with one attached hydrogen (secondary N) is 2. The predicted molar refractivity (Wildman–Crippen MR) is 101 cm³/mol. The van der Waals surface area contributed by atoms with Crippen LogP contribution >= 0.6 is 22.6 Å². The summed E-state index contributed by atoms with van der Waals surface area (Å²) < 4.78 is 6.41. The Balaban J connectivity index is 1.96. The molecule has 0 bridgehead atoms. The number of hydrazine groups is 1. The Hall–Kier alpha value is -2.09. The number of halogens is 1. The molecule has 2 aromatic carbocycles. The van der Waals surface area contributed by atoms with Gasteiger partial charge in [0.1, 0.15) is 5.75 Å². The smallest absolute Gasteiger partial charge is 0.270 e. The first-order chi connectivity index (χ1) is 11.5. The molecule has 0 aliphatic carbocycles. The molecule has 0 aliphatic rings. The lowest BCUT2D eigenvalue weighted by Gasteiger charge is -2.11. The molecule has 0 fully saturated rings. The maximum Gasteiger partial charge on any atom is 0.270 e. The lowest BCUT2D eigenvalue weighted by molar-refractivity contribution is 0.0846. The Morgan fingerprint density at radius 3 is 2.46 bits per heavy atom. The van der Waals surface area contributed by atoms with Gasteiger partial charge in [-0.15, -0.1) is 0 Å². The van der Waals surface area contributed by atoms with Crippen LogP contribution in [0.4, 0.5) is 0 Å². The van der Waals surface area contributed by atoms with Crippen molar-refractivity contribution in [2.75, 3.05) is 6.61 Å². The van der Waals surface area contributed by atoms with Gasteiger partial charge in [-0.1, -0.05) is 32.0 Å².